The molecule has 1 aliphatic heterocycles. The van der Waals surface area contributed by atoms with E-state index in [9.17, 15) is 14.7 Å². The summed E-state index contributed by atoms with van der Waals surface area (Å²) in [6.07, 6.45) is 2.78. The van der Waals surface area contributed by atoms with Crippen LogP contribution in [0.5, 0.6) is 11.5 Å². The zero-order valence-corrected chi connectivity index (χ0v) is 18.1. The summed E-state index contributed by atoms with van der Waals surface area (Å²) in [4.78, 5) is 25.7. The molecule has 8 nitrogen and oxygen atoms in total. The molecule has 0 saturated carbocycles. The smallest absolute Gasteiger partial charge is 0.311 e. The van der Waals surface area contributed by atoms with E-state index in [2.05, 4.69) is 11.9 Å². The minimum absolute atomic E-state index is 0.0840. The molecule has 168 valence electrons. The van der Waals surface area contributed by atoms with Crippen molar-refractivity contribution in [3.05, 3.63) is 35.1 Å². The summed E-state index contributed by atoms with van der Waals surface area (Å²) in [5.74, 6) is -0.216. The van der Waals surface area contributed by atoms with Gasteiger partial charge in [0.1, 0.15) is 11.9 Å². The molecule has 1 heterocycles. The maximum atomic E-state index is 12.5. The molecule has 1 saturated heterocycles. The standard InChI is InChI=1S/C23H29NO7/c1-24-9-8-23-12-16(25)18(30-3)11-14(23)15(24)10-13-4-5-17(29-2)22(21(13)23)31-20(28)7-6-19(26)27/h4-5,11,14-16,25H,6-10,12H2,1-3H3,(H,26,27)/t14-,15-,16?,23+/m0/s1. The fourth-order valence-corrected chi connectivity index (χ4v) is 5.66. The number of esters is 1. The van der Waals surface area contributed by atoms with E-state index in [0.29, 0.717) is 23.7 Å². The Morgan fingerprint density at radius 3 is 2.68 bits per heavy atom. The van der Waals surface area contributed by atoms with Crippen LogP contribution in [0, 0.1) is 5.92 Å². The summed E-state index contributed by atoms with van der Waals surface area (Å²) in [5, 5.41) is 19.7. The van der Waals surface area contributed by atoms with Gasteiger partial charge in [0.2, 0.25) is 0 Å². The van der Waals surface area contributed by atoms with Crippen LogP contribution < -0.4 is 9.47 Å². The minimum Gasteiger partial charge on any atom is -0.499 e. The van der Waals surface area contributed by atoms with Gasteiger partial charge in [0.15, 0.2) is 11.5 Å². The van der Waals surface area contributed by atoms with E-state index in [4.69, 9.17) is 19.3 Å². The van der Waals surface area contributed by atoms with Crippen LogP contribution in [0.2, 0.25) is 0 Å². The predicted octanol–water partition coefficient (Wildman–Crippen LogP) is 1.87. The van der Waals surface area contributed by atoms with Gasteiger partial charge in [0.25, 0.3) is 0 Å². The summed E-state index contributed by atoms with van der Waals surface area (Å²) in [6, 6.07) is 4.04. The molecule has 31 heavy (non-hydrogen) atoms. The average molecular weight is 431 g/mol. The van der Waals surface area contributed by atoms with Crippen LogP contribution in [-0.2, 0) is 26.2 Å². The third-order valence-electron chi connectivity index (χ3n) is 7.11. The SMILES string of the molecule is COC1=C[C@H]2[C@@H]3Cc4ccc(OC)c(OC(=O)CCC(=O)O)c4[C@]2(CCN3C)CC1O. The Hall–Kier alpha value is -2.58. The monoisotopic (exact) mass is 431 g/mol. The van der Waals surface area contributed by atoms with E-state index >= 15 is 0 Å². The molecular formula is C23H29NO7. The van der Waals surface area contributed by atoms with E-state index in [1.807, 2.05) is 12.1 Å². The van der Waals surface area contributed by atoms with Crippen LogP contribution in [0.25, 0.3) is 0 Å². The summed E-state index contributed by atoms with van der Waals surface area (Å²) in [6.45, 7) is 0.854. The van der Waals surface area contributed by atoms with Crippen molar-refractivity contribution in [3.8, 4) is 11.5 Å². The number of methoxy groups -OCH3 is 2. The topological polar surface area (TPSA) is 106 Å². The highest BCUT2D eigenvalue weighted by atomic mass is 16.6. The number of carboxylic acid groups (broad SMARTS) is 1. The highest BCUT2D eigenvalue weighted by Gasteiger charge is 2.56. The van der Waals surface area contributed by atoms with Crippen molar-refractivity contribution in [2.75, 3.05) is 27.8 Å². The van der Waals surface area contributed by atoms with Crippen molar-refractivity contribution in [1.29, 1.82) is 0 Å². The number of hydrogen-bond donors (Lipinski definition) is 2. The Morgan fingerprint density at radius 2 is 2.00 bits per heavy atom. The maximum Gasteiger partial charge on any atom is 0.311 e. The number of likely N-dealkylation sites (N-methyl/N-ethyl adjacent to an activating group) is 1. The van der Waals surface area contributed by atoms with Crippen LogP contribution in [-0.4, -0.2) is 67.0 Å². The lowest BCUT2D eigenvalue weighted by Gasteiger charge is -2.57. The molecule has 0 radical (unpaired) electrons. The number of ether oxygens (including phenoxy) is 3. The van der Waals surface area contributed by atoms with Crippen molar-refractivity contribution in [1.82, 2.24) is 4.90 Å². The Labute approximate surface area is 181 Å². The average Bonchev–Trinajstić information content (AvgIpc) is 2.74. The third kappa shape index (κ3) is 3.57. The minimum atomic E-state index is -1.05. The van der Waals surface area contributed by atoms with Crippen molar-refractivity contribution in [2.45, 2.75) is 49.7 Å². The number of rotatable bonds is 6. The highest BCUT2D eigenvalue weighted by molar-refractivity contribution is 5.79. The number of fused-ring (bicyclic) bond motifs is 1. The number of carbonyl (C=O) groups is 2. The van der Waals surface area contributed by atoms with Crippen LogP contribution in [0.1, 0.15) is 36.8 Å². The van der Waals surface area contributed by atoms with Crippen LogP contribution in [0.15, 0.2) is 24.0 Å². The van der Waals surface area contributed by atoms with Crippen molar-refractivity contribution in [2.24, 2.45) is 5.92 Å². The van der Waals surface area contributed by atoms with Crippen molar-refractivity contribution in [3.63, 3.8) is 0 Å². The van der Waals surface area contributed by atoms with Crippen LogP contribution >= 0.6 is 0 Å². The zero-order chi connectivity index (χ0) is 22.3. The molecular weight excluding hydrogens is 402 g/mol. The number of hydrogen-bond acceptors (Lipinski definition) is 7. The number of aliphatic carboxylic acids is 1. The molecule has 8 heteroatoms. The van der Waals surface area contributed by atoms with Gasteiger partial charge in [0.05, 0.1) is 27.1 Å². The third-order valence-corrected chi connectivity index (χ3v) is 7.11. The quantitative estimate of drug-likeness (QED) is 0.520. The molecule has 2 N–H and O–H groups in total. The van der Waals surface area contributed by atoms with Gasteiger partial charge in [-0.25, -0.2) is 0 Å². The normalized spacial score (nSPS) is 29.3. The summed E-state index contributed by atoms with van der Waals surface area (Å²) in [5.41, 5.74) is 1.54. The number of benzene rings is 1. The molecule has 0 spiro atoms. The molecule has 2 aliphatic carbocycles. The second-order valence-corrected chi connectivity index (χ2v) is 8.68. The number of aliphatic hydroxyl groups is 1. The lowest BCUT2D eigenvalue weighted by molar-refractivity contribution is -0.142. The number of nitrogens with zero attached hydrogens (tertiary/aromatic N) is 1. The molecule has 0 aromatic heterocycles. The molecule has 1 aromatic rings. The van der Waals surface area contributed by atoms with E-state index in [0.717, 1.165) is 30.5 Å². The molecule has 0 amide bonds. The van der Waals surface area contributed by atoms with Gasteiger partial charge >= 0.3 is 11.9 Å². The largest absolute Gasteiger partial charge is 0.499 e. The van der Waals surface area contributed by atoms with Crippen molar-refractivity contribution < 1.29 is 34.0 Å². The highest BCUT2D eigenvalue weighted by Crippen LogP contribution is 2.58. The summed E-state index contributed by atoms with van der Waals surface area (Å²) in [7, 11) is 5.20. The first kappa shape index (κ1) is 21.6. The Morgan fingerprint density at radius 1 is 1.23 bits per heavy atom. The van der Waals surface area contributed by atoms with Gasteiger partial charge in [-0.2, -0.15) is 0 Å². The number of piperidine rings is 1. The van der Waals surface area contributed by atoms with E-state index in [-0.39, 0.29) is 24.8 Å². The molecule has 1 fully saturated rings. The fraction of sp³-hybridized carbons (Fsp3) is 0.565. The van der Waals surface area contributed by atoms with Gasteiger partial charge in [-0.05, 0) is 50.6 Å². The first-order valence-electron chi connectivity index (χ1n) is 10.6. The number of aliphatic hydroxyl groups excluding tert-OH is 1. The van der Waals surface area contributed by atoms with Gasteiger partial charge in [0, 0.05) is 22.9 Å². The number of likely N-dealkylation sites (tertiary alicyclic amines) is 1. The van der Waals surface area contributed by atoms with E-state index in [1.165, 1.54) is 7.11 Å². The van der Waals surface area contributed by atoms with Gasteiger partial charge in [-0.15, -0.1) is 0 Å². The van der Waals surface area contributed by atoms with Gasteiger partial charge in [-0.3, -0.25) is 9.59 Å². The number of carbonyl (C=O) groups excluding carboxylic acids is 1. The van der Waals surface area contributed by atoms with E-state index in [1.54, 1.807) is 13.2 Å². The lowest BCUT2D eigenvalue weighted by atomic mass is 9.53. The second kappa shape index (κ2) is 8.16. The first-order chi connectivity index (χ1) is 14.8. The van der Waals surface area contributed by atoms with E-state index < -0.39 is 23.5 Å². The molecule has 4 atom stereocenters. The molecule has 1 aromatic carbocycles. The zero-order valence-electron chi connectivity index (χ0n) is 18.1. The van der Waals surface area contributed by atoms with Gasteiger partial charge in [-0.1, -0.05) is 6.07 Å². The summed E-state index contributed by atoms with van der Waals surface area (Å²) < 4.78 is 16.8. The molecule has 2 bridgehead atoms. The number of carboxylic acids is 1. The fourth-order valence-electron chi connectivity index (χ4n) is 5.66. The van der Waals surface area contributed by atoms with Crippen LogP contribution in [0.3, 0.4) is 0 Å². The van der Waals surface area contributed by atoms with Crippen molar-refractivity contribution >= 4 is 11.9 Å². The lowest BCUT2D eigenvalue weighted by Crippen LogP contribution is -2.60. The second-order valence-electron chi connectivity index (χ2n) is 8.68. The molecule has 3 aliphatic rings. The maximum absolute atomic E-state index is 12.5. The predicted molar refractivity (Wildman–Crippen MR) is 111 cm³/mol. The Bertz CT molecular complexity index is 927. The first-order valence-corrected chi connectivity index (χ1v) is 10.6. The molecule has 4 rings (SSSR count). The molecule has 1 unspecified atom stereocenters. The Balaban J connectivity index is 1.84. The Kier molecular flexibility index (Phi) is 5.70. The van der Waals surface area contributed by atoms with Crippen LogP contribution in [0.4, 0.5) is 0 Å². The van der Waals surface area contributed by atoms with Gasteiger partial charge < -0.3 is 29.3 Å². The summed E-state index contributed by atoms with van der Waals surface area (Å²) >= 11 is 0.